The van der Waals surface area contributed by atoms with Crippen LogP contribution in [0.25, 0.3) is 0 Å². The summed E-state index contributed by atoms with van der Waals surface area (Å²) in [6, 6.07) is 8.84. The fourth-order valence-electron chi connectivity index (χ4n) is 3.60. The molecule has 0 unspecified atom stereocenters. The predicted octanol–water partition coefficient (Wildman–Crippen LogP) is 3.84. The molecule has 1 aromatic rings. The van der Waals surface area contributed by atoms with Crippen molar-refractivity contribution in [3.63, 3.8) is 0 Å². The minimum atomic E-state index is 0.123. The Kier molecular flexibility index (Phi) is 5.13. The lowest BCUT2D eigenvalue weighted by Crippen LogP contribution is -2.62. The zero-order valence-electron chi connectivity index (χ0n) is 14.4. The van der Waals surface area contributed by atoms with Crippen LogP contribution in [0.5, 0.6) is 0 Å². The third-order valence-electron chi connectivity index (χ3n) is 4.15. The Morgan fingerprint density at radius 2 is 1.68 bits per heavy atom. The molecule has 0 aliphatic carbocycles. The number of aryl methyl sites for hydroxylation is 1. The maximum atomic E-state index is 5.49. The van der Waals surface area contributed by atoms with Gasteiger partial charge in [0, 0.05) is 22.8 Å². The summed E-state index contributed by atoms with van der Waals surface area (Å²) >= 11 is 5.49. The van der Waals surface area contributed by atoms with Gasteiger partial charge in [-0.15, -0.1) is 0 Å². The molecule has 3 N–H and O–H groups in total. The quantitative estimate of drug-likeness (QED) is 0.740. The summed E-state index contributed by atoms with van der Waals surface area (Å²) in [5.41, 5.74) is 2.63. The SMILES string of the molecule is CCc1ccc(NC(=S)NC2CC(C)(C)NC(C)(C)C2)cc1. The molecule has 22 heavy (non-hydrogen) atoms. The minimum Gasteiger partial charge on any atom is -0.360 e. The summed E-state index contributed by atoms with van der Waals surface area (Å²) < 4.78 is 0. The Morgan fingerprint density at radius 1 is 1.14 bits per heavy atom. The minimum absolute atomic E-state index is 0.123. The van der Waals surface area contributed by atoms with Crippen LogP contribution in [0.1, 0.15) is 53.0 Å². The highest BCUT2D eigenvalue weighted by atomic mass is 32.1. The molecule has 0 amide bonds. The molecule has 0 aromatic heterocycles. The van der Waals surface area contributed by atoms with Crippen molar-refractivity contribution in [2.45, 2.75) is 71.0 Å². The Hall–Kier alpha value is -1.13. The van der Waals surface area contributed by atoms with Crippen LogP contribution < -0.4 is 16.0 Å². The molecule has 0 atom stereocenters. The summed E-state index contributed by atoms with van der Waals surface area (Å²) in [6.07, 6.45) is 3.18. The second-order valence-electron chi connectivity index (χ2n) is 7.65. The molecule has 1 aliphatic rings. The normalized spacial score (nSPS) is 20.4. The molecule has 1 aromatic carbocycles. The van der Waals surface area contributed by atoms with Crippen LogP contribution in [0.15, 0.2) is 24.3 Å². The van der Waals surface area contributed by atoms with Gasteiger partial charge < -0.3 is 16.0 Å². The third kappa shape index (κ3) is 4.96. The van der Waals surface area contributed by atoms with Crippen LogP contribution >= 0.6 is 12.2 Å². The number of rotatable bonds is 3. The Labute approximate surface area is 140 Å². The first-order valence-electron chi connectivity index (χ1n) is 8.15. The van der Waals surface area contributed by atoms with Crippen molar-refractivity contribution in [1.29, 1.82) is 0 Å². The summed E-state index contributed by atoms with van der Waals surface area (Å²) in [5.74, 6) is 0. The predicted molar refractivity (Wildman–Crippen MR) is 99.5 cm³/mol. The Bertz CT molecular complexity index is 504. The molecule has 2 rings (SSSR count). The van der Waals surface area contributed by atoms with Gasteiger partial charge in [0.1, 0.15) is 0 Å². The Balaban J connectivity index is 1.93. The smallest absolute Gasteiger partial charge is 0.170 e. The number of thiocarbonyl (C=S) groups is 1. The summed E-state index contributed by atoms with van der Waals surface area (Å²) in [6.45, 7) is 11.2. The largest absolute Gasteiger partial charge is 0.360 e. The maximum absolute atomic E-state index is 5.49. The van der Waals surface area contributed by atoms with Crippen molar-refractivity contribution in [2.24, 2.45) is 0 Å². The fraction of sp³-hybridized carbons (Fsp3) is 0.611. The molecular formula is C18H29N3S. The lowest BCUT2D eigenvalue weighted by Gasteiger charge is -2.46. The van der Waals surface area contributed by atoms with Crippen LogP contribution in [-0.2, 0) is 6.42 Å². The van der Waals surface area contributed by atoms with Crippen molar-refractivity contribution in [1.82, 2.24) is 10.6 Å². The average Bonchev–Trinajstić information content (AvgIpc) is 2.35. The van der Waals surface area contributed by atoms with Crippen LogP contribution in [0, 0.1) is 0 Å². The standard InChI is InChI=1S/C18H29N3S/c1-6-13-7-9-14(10-8-13)19-16(22)20-15-11-17(2,3)21-18(4,5)12-15/h7-10,15,21H,6,11-12H2,1-5H3,(H2,19,20,22). The average molecular weight is 320 g/mol. The van der Waals surface area contributed by atoms with E-state index in [0.29, 0.717) is 11.2 Å². The molecule has 1 saturated heterocycles. The van der Waals surface area contributed by atoms with E-state index in [1.807, 2.05) is 0 Å². The molecule has 0 bridgehead atoms. The lowest BCUT2D eigenvalue weighted by molar-refractivity contribution is 0.156. The van der Waals surface area contributed by atoms with Crippen LogP contribution in [-0.4, -0.2) is 22.2 Å². The highest BCUT2D eigenvalue weighted by Gasteiger charge is 2.37. The van der Waals surface area contributed by atoms with Crippen molar-refractivity contribution in [3.05, 3.63) is 29.8 Å². The molecule has 1 heterocycles. The molecule has 4 heteroatoms. The van der Waals surface area contributed by atoms with Gasteiger partial charge in [0.15, 0.2) is 5.11 Å². The highest BCUT2D eigenvalue weighted by molar-refractivity contribution is 7.80. The van der Waals surface area contributed by atoms with Crippen molar-refractivity contribution >= 4 is 23.0 Å². The third-order valence-corrected chi connectivity index (χ3v) is 4.37. The number of benzene rings is 1. The number of anilines is 1. The summed E-state index contributed by atoms with van der Waals surface area (Å²) in [4.78, 5) is 0. The molecule has 1 aliphatic heterocycles. The number of nitrogens with one attached hydrogen (secondary N) is 3. The van der Waals surface area contributed by atoms with Gasteiger partial charge in [0.05, 0.1) is 0 Å². The monoisotopic (exact) mass is 319 g/mol. The van der Waals surface area contributed by atoms with Crippen molar-refractivity contribution in [2.75, 3.05) is 5.32 Å². The van der Waals surface area contributed by atoms with Gasteiger partial charge in [-0.25, -0.2) is 0 Å². The van der Waals surface area contributed by atoms with Crippen LogP contribution in [0.2, 0.25) is 0 Å². The number of hydrogen-bond donors (Lipinski definition) is 3. The van der Waals surface area contributed by atoms with E-state index >= 15 is 0 Å². The maximum Gasteiger partial charge on any atom is 0.170 e. The summed E-state index contributed by atoms with van der Waals surface area (Å²) in [7, 11) is 0. The first-order chi connectivity index (χ1) is 10.2. The van der Waals surface area contributed by atoms with E-state index in [1.165, 1.54) is 5.56 Å². The van der Waals surface area contributed by atoms with Gasteiger partial charge in [0.2, 0.25) is 0 Å². The van der Waals surface area contributed by atoms with E-state index in [0.717, 1.165) is 24.9 Å². The molecular weight excluding hydrogens is 290 g/mol. The van der Waals surface area contributed by atoms with E-state index in [1.54, 1.807) is 0 Å². The molecule has 3 nitrogen and oxygen atoms in total. The zero-order valence-corrected chi connectivity index (χ0v) is 15.2. The number of piperidine rings is 1. The van der Waals surface area contributed by atoms with Gasteiger partial charge >= 0.3 is 0 Å². The van der Waals surface area contributed by atoms with E-state index < -0.39 is 0 Å². The Morgan fingerprint density at radius 3 is 2.18 bits per heavy atom. The fourth-order valence-corrected chi connectivity index (χ4v) is 3.89. The van der Waals surface area contributed by atoms with E-state index in [-0.39, 0.29) is 11.1 Å². The molecule has 1 fully saturated rings. The second-order valence-corrected chi connectivity index (χ2v) is 8.06. The number of hydrogen-bond acceptors (Lipinski definition) is 2. The van der Waals surface area contributed by atoms with E-state index in [2.05, 4.69) is 74.8 Å². The van der Waals surface area contributed by atoms with Crippen LogP contribution in [0.4, 0.5) is 5.69 Å². The molecule has 122 valence electrons. The summed E-state index contributed by atoms with van der Waals surface area (Å²) in [5, 5.41) is 11.2. The lowest BCUT2D eigenvalue weighted by atomic mass is 9.80. The van der Waals surface area contributed by atoms with Gasteiger partial charge in [-0.05, 0) is 76.9 Å². The van der Waals surface area contributed by atoms with Gasteiger partial charge in [0.25, 0.3) is 0 Å². The topological polar surface area (TPSA) is 36.1 Å². The highest BCUT2D eigenvalue weighted by Crippen LogP contribution is 2.28. The molecule has 0 spiro atoms. The molecule has 0 radical (unpaired) electrons. The van der Waals surface area contributed by atoms with Gasteiger partial charge in [-0.3, -0.25) is 0 Å². The first-order valence-corrected chi connectivity index (χ1v) is 8.56. The van der Waals surface area contributed by atoms with Gasteiger partial charge in [-0.2, -0.15) is 0 Å². The second kappa shape index (κ2) is 6.55. The van der Waals surface area contributed by atoms with E-state index in [4.69, 9.17) is 12.2 Å². The van der Waals surface area contributed by atoms with Crippen molar-refractivity contribution in [3.8, 4) is 0 Å². The first kappa shape index (κ1) is 17.2. The van der Waals surface area contributed by atoms with Gasteiger partial charge in [-0.1, -0.05) is 19.1 Å². The van der Waals surface area contributed by atoms with E-state index in [9.17, 15) is 0 Å². The van der Waals surface area contributed by atoms with Crippen LogP contribution in [0.3, 0.4) is 0 Å². The van der Waals surface area contributed by atoms with Crippen molar-refractivity contribution < 1.29 is 0 Å². The zero-order chi connectivity index (χ0) is 16.4. The molecule has 0 saturated carbocycles.